The zero-order chi connectivity index (χ0) is 15.1. The second-order valence-corrected chi connectivity index (χ2v) is 5.74. The van der Waals surface area contributed by atoms with E-state index in [-0.39, 0.29) is 16.3 Å². The zero-order valence-corrected chi connectivity index (χ0v) is 11.3. The molecule has 0 amide bonds. The van der Waals surface area contributed by atoms with Gasteiger partial charge < -0.3 is 0 Å². The normalized spacial score (nSPS) is 11.7. The molecule has 0 fully saturated rings. The van der Waals surface area contributed by atoms with Crippen molar-refractivity contribution in [2.45, 2.75) is 18.7 Å². The summed E-state index contributed by atoms with van der Waals surface area (Å²) in [6, 6.07) is 0.877. The van der Waals surface area contributed by atoms with E-state index < -0.39 is 33.2 Å². The van der Waals surface area contributed by atoms with Crippen LogP contribution >= 0.6 is 0 Å². The first-order chi connectivity index (χ1) is 9.22. The van der Waals surface area contributed by atoms with Crippen LogP contribution in [0.25, 0.3) is 0 Å². The molecule has 0 radical (unpaired) electrons. The topological polar surface area (TPSA) is 74.8 Å². The molecule has 1 heterocycles. The molecule has 20 heavy (non-hydrogen) atoms. The first kappa shape index (κ1) is 14.4. The molecule has 0 saturated carbocycles. The Morgan fingerprint density at radius 1 is 1.20 bits per heavy atom. The number of nitrogens with one attached hydrogen (secondary N) is 2. The summed E-state index contributed by atoms with van der Waals surface area (Å²) in [5.74, 6) is -4.06. The second kappa shape index (κ2) is 4.82. The summed E-state index contributed by atoms with van der Waals surface area (Å²) in [6.45, 7) is 2.89. The summed E-state index contributed by atoms with van der Waals surface area (Å²) in [6.07, 6.45) is 0. The summed E-state index contributed by atoms with van der Waals surface area (Å²) >= 11 is 0. The molecule has 108 valence electrons. The van der Waals surface area contributed by atoms with Crippen molar-refractivity contribution in [2.75, 3.05) is 4.72 Å². The van der Waals surface area contributed by atoms with Crippen molar-refractivity contribution < 1.29 is 21.6 Å². The molecule has 1 aromatic carbocycles. The fourth-order valence-corrected chi connectivity index (χ4v) is 3.19. The highest BCUT2D eigenvalue weighted by Gasteiger charge is 2.24. The van der Waals surface area contributed by atoms with Crippen LogP contribution in [-0.4, -0.2) is 18.6 Å². The predicted molar refractivity (Wildman–Crippen MR) is 65.2 cm³/mol. The molecule has 0 unspecified atom stereocenters. The molecule has 1 aromatic heterocycles. The van der Waals surface area contributed by atoms with E-state index >= 15 is 0 Å². The van der Waals surface area contributed by atoms with Crippen LogP contribution in [0.5, 0.6) is 0 Å². The largest absolute Gasteiger partial charge is 0.281 e. The van der Waals surface area contributed by atoms with Gasteiger partial charge in [-0.1, -0.05) is 0 Å². The van der Waals surface area contributed by atoms with Gasteiger partial charge in [-0.2, -0.15) is 5.10 Å². The van der Waals surface area contributed by atoms with E-state index in [2.05, 4.69) is 10.2 Å². The van der Waals surface area contributed by atoms with Crippen molar-refractivity contribution in [2.24, 2.45) is 0 Å². The van der Waals surface area contributed by atoms with Crippen LogP contribution in [0.15, 0.2) is 17.0 Å². The average Bonchev–Trinajstić information content (AvgIpc) is 2.65. The van der Waals surface area contributed by atoms with E-state index in [1.54, 1.807) is 0 Å². The number of H-pyrrole nitrogens is 1. The van der Waals surface area contributed by atoms with Gasteiger partial charge in [0, 0.05) is 12.1 Å². The third kappa shape index (κ3) is 2.48. The number of halogens is 3. The standard InChI is InChI=1S/C11H10F3N3O2S/c1-5-11(6(2)16-15-5)20(18,19)17-9-4-7(12)3-8(13)10(9)14/h3-4,17H,1-2H3,(H,15,16). The minimum atomic E-state index is -4.20. The van der Waals surface area contributed by atoms with Crippen LogP contribution in [0.3, 0.4) is 0 Å². The molecule has 5 nitrogen and oxygen atoms in total. The molecule has 9 heteroatoms. The second-order valence-electron chi connectivity index (χ2n) is 4.12. The van der Waals surface area contributed by atoms with E-state index in [1.165, 1.54) is 13.8 Å². The lowest BCUT2D eigenvalue weighted by molar-refractivity contribution is 0.498. The lowest BCUT2D eigenvalue weighted by Crippen LogP contribution is -2.16. The van der Waals surface area contributed by atoms with Crippen LogP contribution in [0.4, 0.5) is 18.9 Å². The van der Waals surface area contributed by atoms with Gasteiger partial charge in [-0.25, -0.2) is 21.6 Å². The highest BCUT2D eigenvalue weighted by molar-refractivity contribution is 7.92. The Bertz CT molecular complexity index is 752. The Balaban J connectivity index is 2.49. The van der Waals surface area contributed by atoms with Crippen LogP contribution in [-0.2, 0) is 10.0 Å². The van der Waals surface area contributed by atoms with E-state index in [0.29, 0.717) is 12.1 Å². The first-order valence-electron chi connectivity index (χ1n) is 5.41. The van der Waals surface area contributed by atoms with Gasteiger partial charge in [-0.15, -0.1) is 0 Å². The number of hydrogen-bond donors (Lipinski definition) is 2. The van der Waals surface area contributed by atoms with Gasteiger partial charge in [0.1, 0.15) is 10.7 Å². The van der Waals surface area contributed by atoms with Gasteiger partial charge in [-0.05, 0) is 13.8 Å². The van der Waals surface area contributed by atoms with Crippen LogP contribution in [0.2, 0.25) is 0 Å². The molecule has 2 N–H and O–H groups in total. The van der Waals surface area contributed by atoms with Crippen molar-refractivity contribution in [3.8, 4) is 0 Å². The molecule has 0 aliphatic carbocycles. The smallest absolute Gasteiger partial charge is 0.265 e. The molecule has 0 bridgehead atoms. The van der Waals surface area contributed by atoms with Gasteiger partial charge in [0.2, 0.25) is 0 Å². The highest BCUT2D eigenvalue weighted by atomic mass is 32.2. The van der Waals surface area contributed by atoms with E-state index in [9.17, 15) is 21.6 Å². The number of aromatic amines is 1. The van der Waals surface area contributed by atoms with Crippen molar-refractivity contribution >= 4 is 15.7 Å². The number of nitrogens with zero attached hydrogens (tertiary/aromatic N) is 1. The third-order valence-corrected chi connectivity index (χ3v) is 4.19. The van der Waals surface area contributed by atoms with Crippen molar-refractivity contribution in [1.82, 2.24) is 10.2 Å². The Labute approximate surface area is 112 Å². The monoisotopic (exact) mass is 305 g/mol. The molecule has 0 aliphatic rings. The molecular formula is C11H10F3N3O2S. The lowest BCUT2D eigenvalue weighted by Gasteiger charge is -2.09. The number of hydrogen-bond acceptors (Lipinski definition) is 3. The van der Waals surface area contributed by atoms with Gasteiger partial charge in [0.25, 0.3) is 10.0 Å². The SMILES string of the molecule is Cc1n[nH]c(C)c1S(=O)(=O)Nc1cc(F)cc(F)c1F. The van der Waals surface area contributed by atoms with Gasteiger partial charge in [0.15, 0.2) is 11.6 Å². The van der Waals surface area contributed by atoms with E-state index in [1.807, 2.05) is 4.72 Å². The highest BCUT2D eigenvalue weighted by Crippen LogP contribution is 2.24. The fourth-order valence-electron chi connectivity index (χ4n) is 1.76. The molecule has 0 atom stereocenters. The molecule has 2 rings (SSSR count). The van der Waals surface area contributed by atoms with Gasteiger partial charge in [-0.3, -0.25) is 9.82 Å². The maximum absolute atomic E-state index is 13.5. The van der Waals surface area contributed by atoms with Crippen molar-refractivity contribution in [1.29, 1.82) is 0 Å². The number of aryl methyl sites for hydroxylation is 2. The minimum absolute atomic E-state index is 0.160. The van der Waals surface area contributed by atoms with Crippen LogP contribution < -0.4 is 4.72 Å². The maximum atomic E-state index is 13.5. The molecule has 0 aliphatic heterocycles. The number of rotatable bonds is 3. The summed E-state index contributed by atoms with van der Waals surface area (Å²) < 4.78 is 65.5. The Morgan fingerprint density at radius 2 is 1.85 bits per heavy atom. The summed E-state index contributed by atoms with van der Waals surface area (Å²) in [5.41, 5.74) is -0.415. The number of anilines is 1. The van der Waals surface area contributed by atoms with Crippen LogP contribution in [0, 0.1) is 31.3 Å². The predicted octanol–water partition coefficient (Wildman–Crippen LogP) is 2.24. The van der Waals surface area contributed by atoms with Gasteiger partial charge >= 0.3 is 0 Å². The van der Waals surface area contributed by atoms with E-state index in [4.69, 9.17) is 0 Å². The fraction of sp³-hybridized carbons (Fsp3) is 0.182. The summed E-state index contributed by atoms with van der Waals surface area (Å²) in [5, 5.41) is 6.15. The van der Waals surface area contributed by atoms with Crippen molar-refractivity contribution in [3.63, 3.8) is 0 Å². The maximum Gasteiger partial charge on any atom is 0.265 e. The number of benzene rings is 1. The van der Waals surface area contributed by atoms with E-state index in [0.717, 1.165) is 0 Å². The molecule has 0 spiro atoms. The quantitative estimate of drug-likeness (QED) is 0.854. The Morgan fingerprint density at radius 3 is 2.40 bits per heavy atom. The Hall–Kier alpha value is -2.03. The average molecular weight is 305 g/mol. The molecule has 0 saturated heterocycles. The van der Waals surface area contributed by atoms with Crippen molar-refractivity contribution in [3.05, 3.63) is 41.0 Å². The minimum Gasteiger partial charge on any atom is -0.281 e. The number of aromatic nitrogens is 2. The molecule has 2 aromatic rings. The Kier molecular flexibility index (Phi) is 3.46. The van der Waals surface area contributed by atoms with Gasteiger partial charge in [0.05, 0.1) is 17.1 Å². The van der Waals surface area contributed by atoms with Crippen LogP contribution in [0.1, 0.15) is 11.4 Å². The summed E-state index contributed by atoms with van der Waals surface area (Å²) in [7, 11) is -4.20. The lowest BCUT2D eigenvalue weighted by atomic mass is 10.3. The summed E-state index contributed by atoms with van der Waals surface area (Å²) in [4.78, 5) is -0.193. The number of sulfonamides is 1. The molecular weight excluding hydrogens is 295 g/mol. The first-order valence-corrected chi connectivity index (χ1v) is 6.89. The third-order valence-electron chi connectivity index (χ3n) is 2.57. The zero-order valence-electron chi connectivity index (χ0n) is 10.5.